The SMILES string of the molecule is COc1cccc(/C(O)=C2\C(=O)C(=O)N(CCCN3CCOCC3)C2c2ccc(C(C)C)cc2)c1. The number of amides is 1. The highest BCUT2D eigenvalue weighted by atomic mass is 16.5. The standard InChI is InChI=1S/C28H34N2O5/c1-19(2)20-8-10-21(11-9-20)25-24(26(31)22-6-4-7-23(18-22)34-3)27(32)28(33)30(25)13-5-12-29-14-16-35-17-15-29/h4,6-11,18-19,25,31H,5,12-17H2,1-3H3/b26-24+. The number of nitrogens with zero attached hydrogens (tertiary/aromatic N) is 2. The number of carbonyl (C=O) groups is 2. The van der Waals surface area contributed by atoms with Crippen LogP contribution in [-0.2, 0) is 14.3 Å². The third-order valence-electron chi connectivity index (χ3n) is 6.78. The number of benzene rings is 2. The van der Waals surface area contributed by atoms with Gasteiger partial charge in [-0.25, -0.2) is 0 Å². The molecule has 0 bridgehead atoms. The highest BCUT2D eigenvalue weighted by Crippen LogP contribution is 2.40. The van der Waals surface area contributed by atoms with Crippen LogP contribution in [0.5, 0.6) is 5.75 Å². The molecule has 4 rings (SSSR count). The molecule has 2 aromatic carbocycles. The van der Waals surface area contributed by atoms with Crippen LogP contribution in [0.15, 0.2) is 54.1 Å². The number of aliphatic hydroxyl groups excluding tert-OH is 1. The van der Waals surface area contributed by atoms with E-state index in [9.17, 15) is 14.7 Å². The molecule has 1 N–H and O–H groups in total. The smallest absolute Gasteiger partial charge is 0.295 e. The highest BCUT2D eigenvalue weighted by molar-refractivity contribution is 6.46. The molecule has 0 aromatic heterocycles. The molecule has 35 heavy (non-hydrogen) atoms. The van der Waals surface area contributed by atoms with Crippen LogP contribution in [0.25, 0.3) is 5.76 Å². The fourth-order valence-corrected chi connectivity index (χ4v) is 4.74. The average Bonchev–Trinajstić information content (AvgIpc) is 3.14. The van der Waals surface area contributed by atoms with E-state index in [2.05, 4.69) is 18.7 Å². The summed E-state index contributed by atoms with van der Waals surface area (Å²) in [4.78, 5) is 30.3. The molecule has 2 heterocycles. The van der Waals surface area contributed by atoms with Crippen molar-refractivity contribution in [1.29, 1.82) is 0 Å². The Morgan fingerprint density at radius 3 is 2.46 bits per heavy atom. The number of ketones is 1. The van der Waals surface area contributed by atoms with Gasteiger partial charge in [0.05, 0.1) is 31.9 Å². The third kappa shape index (κ3) is 5.41. The maximum Gasteiger partial charge on any atom is 0.295 e. The zero-order valence-electron chi connectivity index (χ0n) is 20.7. The fraction of sp³-hybridized carbons (Fsp3) is 0.429. The monoisotopic (exact) mass is 478 g/mol. The zero-order chi connectivity index (χ0) is 24.9. The molecule has 1 atom stereocenters. The number of methoxy groups -OCH3 is 1. The molecule has 0 aliphatic carbocycles. The summed E-state index contributed by atoms with van der Waals surface area (Å²) in [6.07, 6.45) is 0.729. The minimum Gasteiger partial charge on any atom is -0.507 e. The minimum atomic E-state index is -0.658. The number of morpholine rings is 1. The largest absolute Gasteiger partial charge is 0.507 e. The van der Waals surface area contributed by atoms with Gasteiger partial charge in [-0.3, -0.25) is 14.5 Å². The van der Waals surface area contributed by atoms with Crippen LogP contribution < -0.4 is 4.74 Å². The minimum absolute atomic E-state index is 0.118. The van der Waals surface area contributed by atoms with E-state index in [0.717, 1.165) is 31.6 Å². The van der Waals surface area contributed by atoms with E-state index < -0.39 is 17.7 Å². The molecule has 2 saturated heterocycles. The van der Waals surface area contributed by atoms with Crippen LogP contribution in [0.4, 0.5) is 0 Å². The normalized spacial score (nSPS) is 20.6. The van der Waals surface area contributed by atoms with Gasteiger partial charge in [0.15, 0.2) is 0 Å². The number of carbonyl (C=O) groups excluding carboxylic acids is 2. The van der Waals surface area contributed by atoms with Gasteiger partial charge in [0.1, 0.15) is 11.5 Å². The summed E-state index contributed by atoms with van der Waals surface area (Å²) >= 11 is 0. The Bertz CT molecular complexity index is 1090. The Morgan fingerprint density at radius 1 is 1.09 bits per heavy atom. The van der Waals surface area contributed by atoms with Gasteiger partial charge >= 0.3 is 0 Å². The summed E-state index contributed by atoms with van der Waals surface area (Å²) in [5.74, 6) is -0.493. The number of aliphatic hydroxyl groups is 1. The average molecular weight is 479 g/mol. The van der Waals surface area contributed by atoms with Crippen LogP contribution in [-0.4, -0.2) is 73.1 Å². The van der Waals surface area contributed by atoms with Gasteiger partial charge in [-0.2, -0.15) is 0 Å². The summed E-state index contributed by atoms with van der Waals surface area (Å²) in [5, 5.41) is 11.3. The second-order valence-corrected chi connectivity index (χ2v) is 9.35. The second-order valence-electron chi connectivity index (χ2n) is 9.35. The Labute approximate surface area is 206 Å². The Balaban J connectivity index is 1.69. The van der Waals surface area contributed by atoms with Crippen molar-refractivity contribution in [2.24, 2.45) is 0 Å². The first kappa shape index (κ1) is 24.9. The van der Waals surface area contributed by atoms with Gasteiger partial charge < -0.3 is 19.5 Å². The number of Topliss-reactive ketones (excluding diaryl/α,β-unsaturated/α-hetero) is 1. The second kappa shape index (κ2) is 11.1. The van der Waals surface area contributed by atoms with Crippen LogP contribution >= 0.6 is 0 Å². The molecule has 2 fully saturated rings. The van der Waals surface area contributed by atoms with Crippen LogP contribution in [0.1, 0.15) is 48.9 Å². The Hall–Kier alpha value is -3.16. The lowest BCUT2D eigenvalue weighted by molar-refractivity contribution is -0.140. The summed E-state index contributed by atoms with van der Waals surface area (Å²) in [6, 6.07) is 14.2. The van der Waals surface area contributed by atoms with E-state index in [-0.39, 0.29) is 11.3 Å². The van der Waals surface area contributed by atoms with Gasteiger partial charge in [-0.15, -0.1) is 0 Å². The lowest BCUT2D eigenvalue weighted by Crippen LogP contribution is -2.38. The predicted molar refractivity (Wildman–Crippen MR) is 134 cm³/mol. The quantitative estimate of drug-likeness (QED) is 0.352. The molecule has 7 nitrogen and oxygen atoms in total. The maximum absolute atomic E-state index is 13.2. The van der Waals surface area contributed by atoms with Gasteiger partial charge in [-0.1, -0.05) is 50.2 Å². The van der Waals surface area contributed by atoms with Gasteiger partial charge in [0.2, 0.25) is 0 Å². The Morgan fingerprint density at radius 2 is 1.80 bits per heavy atom. The molecule has 2 aromatic rings. The van der Waals surface area contributed by atoms with Crippen molar-refractivity contribution in [3.8, 4) is 5.75 Å². The molecular weight excluding hydrogens is 444 g/mol. The molecule has 186 valence electrons. The number of hydrogen-bond donors (Lipinski definition) is 1. The Kier molecular flexibility index (Phi) is 7.88. The first-order valence-electron chi connectivity index (χ1n) is 12.2. The van der Waals surface area contributed by atoms with E-state index in [1.807, 2.05) is 24.3 Å². The molecule has 1 amide bonds. The number of hydrogen-bond acceptors (Lipinski definition) is 6. The molecular formula is C28H34N2O5. The lowest BCUT2D eigenvalue weighted by atomic mass is 9.93. The van der Waals surface area contributed by atoms with Crippen LogP contribution in [0.3, 0.4) is 0 Å². The van der Waals surface area contributed by atoms with Crippen molar-refractivity contribution in [1.82, 2.24) is 9.80 Å². The number of rotatable bonds is 8. The number of ether oxygens (including phenoxy) is 2. The van der Waals surface area contributed by atoms with E-state index in [0.29, 0.717) is 37.0 Å². The van der Waals surface area contributed by atoms with Crippen molar-refractivity contribution in [3.05, 3.63) is 70.8 Å². The molecule has 0 radical (unpaired) electrons. The third-order valence-corrected chi connectivity index (χ3v) is 6.78. The summed E-state index contributed by atoms with van der Waals surface area (Å²) < 4.78 is 10.7. The van der Waals surface area contributed by atoms with Crippen molar-refractivity contribution in [2.75, 3.05) is 46.5 Å². The summed E-state index contributed by atoms with van der Waals surface area (Å²) in [6.45, 7) is 8.66. The summed E-state index contributed by atoms with van der Waals surface area (Å²) in [5.41, 5.74) is 2.54. The topological polar surface area (TPSA) is 79.3 Å². The molecule has 0 saturated carbocycles. The number of likely N-dealkylation sites (tertiary alicyclic amines) is 1. The molecule has 7 heteroatoms. The van der Waals surface area contributed by atoms with Crippen molar-refractivity contribution < 1.29 is 24.2 Å². The molecule has 0 spiro atoms. The molecule has 2 aliphatic heterocycles. The van der Waals surface area contributed by atoms with E-state index in [1.165, 1.54) is 5.56 Å². The van der Waals surface area contributed by atoms with Crippen molar-refractivity contribution in [3.63, 3.8) is 0 Å². The maximum atomic E-state index is 13.2. The van der Waals surface area contributed by atoms with Gasteiger partial charge in [-0.05, 0) is 35.6 Å². The molecule has 1 unspecified atom stereocenters. The molecule has 2 aliphatic rings. The summed E-state index contributed by atoms with van der Waals surface area (Å²) in [7, 11) is 1.54. The predicted octanol–water partition coefficient (Wildman–Crippen LogP) is 3.96. The van der Waals surface area contributed by atoms with Gasteiger partial charge in [0, 0.05) is 31.7 Å². The van der Waals surface area contributed by atoms with E-state index >= 15 is 0 Å². The van der Waals surface area contributed by atoms with Crippen molar-refractivity contribution >= 4 is 17.4 Å². The van der Waals surface area contributed by atoms with Crippen LogP contribution in [0, 0.1) is 0 Å². The first-order valence-corrected chi connectivity index (χ1v) is 12.2. The highest BCUT2D eigenvalue weighted by Gasteiger charge is 2.45. The van der Waals surface area contributed by atoms with Crippen LogP contribution in [0.2, 0.25) is 0 Å². The van der Waals surface area contributed by atoms with Crippen molar-refractivity contribution in [2.45, 2.75) is 32.2 Å². The lowest BCUT2D eigenvalue weighted by Gasteiger charge is -2.29. The zero-order valence-corrected chi connectivity index (χ0v) is 20.7. The van der Waals surface area contributed by atoms with E-state index in [4.69, 9.17) is 9.47 Å². The first-order chi connectivity index (χ1) is 16.9. The van der Waals surface area contributed by atoms with Gasteiger partial charge in [0.25, 0.3) is 11.7 Å². The van der Waals surface area contributed by atoms with E-state index in [1.54, 1.807) is 36.3 Å². The fourth-order valence-electron chi connectivity index (χ4n) is 4.74.